The van der Waals surface area contributed by atoms with Crippen LogP contribution in [0.5, 0.6) is 11.5 Å². The van der Waals surface area contributed by atoms with Crippen molar-refractivity contribution in [3.8, 4) is 11.5 Å². The maximum absolute atomic E-state index is 12.2. The van der Waals surface area contributed by atoms with Gasteiger partial charge in [-0.2, -0.15) is 0 Å². The van der Waals surface area contributed by atoms with Crippen molar-refractivity contribution in [3.63, 3.8) is 0 Å². The number of thiazole rings is 1. The second kappa shape index (κ2) is 6.25. The Hall–Kier alpha value is -2.12. The van der Waals surface area contributed by atoms with Crippen LogP contribution >= 0.6 is 11.3 Å². The molecule has 26 heavy (non-hydrogen) atoms. The number of likely N-dealkylation sites (tertiary alicyclic amines) is 1. The summed E-state index contributed by atoms with van der Waals surface area (Å²) in [5.41, 5.74) is 1.04. The highest BCUT2D eigenvalue weighted by atomic mass is 32.1. The average molecular weight is 374 g/mol. The minimum atomic E-state index is -0.924. The minimum absolute atomic E-state index is 0.117. The molecule has 0 bridgehead atoms. The number of ether oxygens (including phenoxy) is 2. The predicted octanol–water partition coefficient (Wildman–Crippen LogP) is 2.83. The minimum Gasteiger partial charge on any atom is -0.493 e. The van der Waals surface area contributed by atoms with Gasteiger partial charge in [-0.15, -0.1) is 11.3 Å². The normalized spacial score (nSPS) is 24.7. The molecule has 0 radical (unpaired) electrons. The number of nitrogens with zero attached hydrogens (tertiary/aromatic N) is 2. The van der Waals surface area contributed by atoms with Gasteiger partial charge in [0.2, 0.25) is 0 Å². The summed E-state index contributed by atoms with van der Waals surface area (Å²) in [6.07, 6.45) is 0. The van der Waals surface area contributed by atoms with Gasteiger partial charge in [-0.3, -0.25) is 9.69 Å². The van der Waals surface area contributed by atoms with Crippen LogP contribution in [0, 0.1) is 19.3 Å². The third-order valence-corrected chi connectivity index (χ3v) is 6.54. The quantitative estimate of drug-likeness (QED) is 0.887. The molecule has 1 saturated heterocycles. The van der Waals surface area contributed by atoms with E-state index in [0.29, 0.717) is 24.6 Å². The number of aromatic nitrogens is 1. The Balaban J connectivity index is 1.69. The van der Waals surface area contributed by atoms with Gasteiger partial charge in [-0.1, -0.05) is 12.1 Å². The maximum Gasteiger partial charge on any atom is 0.315 e. The molecule has 2 atom stereocenters. The number of methoxy groups -OCH3 is 1. The molecule has 4 rings (SSSR count). The highest BCUT2D eigenvalue weighted by Gasteiger charge is 2.56. The third kappa shape index (κ3) is 2.57. The summed E-state index contributed by atoms with van der Waals surface area (Å²) < 4.78 is 11.3. The zero-order valence-corrected chi connectivity index (χ0v) is 15.9. The first-order valence-electron chi connectivity index (χ1n) is 8.63. The molecule has 1 aromatic heterocycles. The molecule has 7 heteroatoms. The summed E-state index contributed by atoms with van der Waals surface area (Å²) in [7, 11) is 1.61. The van der Waals surface area contributed by atoms with Gasteiger partial charge in [0.1, 0.15) is 12.0 Å². The molecule has 0 saturated carbocycles. The first-order valence-corrected chi connectivity index (χ1v) is 9.44. The molecule has 1 N–H and O–H groups in total. The van der Waals surface area contributed by atoms with Crippen molar-refractivity contribution in [3.05, 3.63) is 39.3 Å². The molecule has 2 aliphatic rings. The van der Waals surface area contributed by atoms with Gasteiger partial charge in [0, 0.05) is 36.0 Å². The van der Waals surface area contributed by atoms with E-state index in [1.807, 2.05) is 32.0 Å². The molecule has 0 unspecified atom stereocenters. The summed E-state index contributed by atoms with van der Waals surface area (Å²) >= 11 is 1.68. The van der Waals surface area contributed by atoms with Gasteiger partial charge in [-0.05, 0) is 19.9 Å². The summed E-state index contributed by atoms with van der Waals surface area (Å²) in [5.74, 6) is 0.432. The fraction of sp³-hybridized carbons (Fsp3) is 0.474. The number of hydrogen-bond acceptors (Lipinski definition) is 6. The number of carbonyl (C=O) groups is 1. The second-order valence-electron chi connectivity index (χ2n) is 7.09. The van der Waals surface area contributed by atoms with Gasteiger partial charge >= 0.3 is 5.97 Å². The third-order valence-electron chi connectivity index (χ3n) is 5.49. The fourth-order valence-electron chi connectivity index (χ4n) is 4.19. The molecule has 1 aromatic carbocycles. The number of carboxylic acids is 1. The molecule has 0 spiro atoms. The Morgan fingerprint density at radius 1 is 1.50 bits per heavy atom. The molecule has 6 nitrogen and oxygen atoms in total. The van der Waals surface area contributed by atoms with Gasteiger partial charge in [0.25, 0.3) is 0 Å². The summed E-state index contributed by atoms with van der Waals surface area (Å²) in [4.78, 5) is 20.2. The van der Waals surface area contributed by atoms with E-state index in [1.54, 1.807) is 18.4 Å². The van der Waals surface area contributed by atoms with E-state index in [1.165, 1.54) is 4.88 Å². The van der Waals surface area contributed by atoms with Crippen molar-refractivity contribution in [1.29, 1.82) is 0 Å². The standard InChI is InChI=1S/C19H22N2O4S/c1-11-16(26-12(2)20-11)8-21-7-14-13-5-4-6-15(24-3)17(13)25-10-19(14,9-21)18(22)23/h4-6,14H,7-10H2,1-3H3,(H,22,23)/t14-,19-/m1/s1. The molecule has 0 amide bonds. The molecule has 2 aromatic rings. The Bertz CT molecular complexity index is 865. The lowest BCUT2D eigenvalue weighted by molar-refractivity contribution is -0.151. The highest BCUT2D eigenvalue weighted by molar-refractivity contribution is 7.11. The molecular weight excluding hydrogens is 352 g/mol. The van der Waals surface area contributed by atoms with E-state index in [9.17, 15) is 9.90 Å². The zero-order chi connectivity index (χ0) is 18.5. The van der Waals surface area contributed by atoms with Crippen LogP contribution in [0.3, 0.4) is 0 Å². The summed E-state index contributed by atoms with van der Waals surface area (Å²) in [6, 6.07) is 5.71. The Kier molecular flexibility index (Phi) is 4.16. The smallest absolute Gasteiger partial charge is 0.315 e. The van der Waals surface area contributed by atoms with Crippen LogP contribution in [0.25, 0.3) is 0 Å². The van der Waals surface area contributed by atoms with Crippen LogP contribution in [-0.4, -0.2) is 47.8 Å². The van der Waals surface area contributed by atoms with Crippen LogP contribution in [-0.2, 0) is 11.3 Å². The zero-order valence-electron chi connectivity index (χ0n) is 15.1. The number of benzene rings is 1. The van der Waals surface area contributed by atoms with Gasteiger partial charge in [0.15, 0.2) is 11.5 Å². The first kappa shape index (κ1) is 17.3. The molecule has 1 fully saturated rings. The molecule has 2 aliphatic heterocycles. The van der Waals surface area contributed by atoms with Crippen molar-refractivity contribution < 1.29 is 19.4 Å². The van der Waals surface area contributed by atoms with Crippen LogP contribution in [0.2, 0.25) is 0 Å². The van der Waals surface area contributed by atoms with Crippen molar-refractivity contribution in [2.75, 3.05) is 26.8 Å². The topological polar surface area (TPSA) is 71.9 Å². The fourth-order valence-corrected chi connectivity index (χ4v) is 5.17. The Morgan fingerprint density at radius 2 is 2.31 bits per heavy atom. The SMILES string of the molecule is COc1cccc2c1OC[C@]1(C(=O)O)CN(Cc3sc(C)nc3C)C[C@H]21. The Morgan fingerprint density at radius 3 is 2.96 bits per heavy atom. The maximum atomic E-state index is 12.2. The first-order chi connectivity index (χ1) is 12.4. The number of carboxylic acid groups (broad SMARTS) is 1. The second-order valence-corrected chi connectivity index (χ2v) is 8.38. The van der Waals surface area contributed by atoms with Crippen LogP contribution in [0.1, 0.15) is 27.1 Å². The van der Waals surface area contributed by atoms with Crippen molar-refractivity contribution in [1.82, 2.24) is 9.88 Å². The lowest BCUT2D eigenvalue weighted by Crippen LogP contribution is -2.45. The van der Waals surface area contributed by atoms with Crippen molar-refractivity contribution >= 4 is 17.3 Å². The molecule has 3 heterocycles. The summed E-state index contributed by atoms with van der Waals surface area (Å²) in [5, 5.41) is 11.1. The van der Waals surface area contributed by atoms with E-state index in [0.717, 1.165) is 22.8 Å². The lowest BCUT2D eigenvalue weighted by atomic mass is 9.73. The van der Waals surface area contributed by atoms with Crippen molar-refractivity contribution in [2.24, 2.45) is 5.41 Å². The van der Waals surface area contributed by atoms with E-state index < -0.39 is 11.4 Å². The molecule has 138 valence electrons. The van der Waals surface area contributed by atoms with Crippen LogP contribution in [0.15, 0.2) is 18.2 Å². The number of fused-ring (bicyclic) bond motifs is 3. The van der Waals surface area contributed by atoms with Gasteiger partial charge in [-0.25, -0.2) is 4.98 Å². The number of rotatable bonds is 4. The van der Waals surface area contributed by atoms with Crippen LogP contribution < -0.4 is 9.47 Å². The summed E-state index contributed by atoms with van der Waals surface area (Å²) in [6.45, 7) is 6.06. The molecular formula is C19H22N2O4S. The van der Waals surface area contributed by atoms with Gasteiger partial charge < -0.3 is 14.6 Å². The number of hydrogen-bond donors (Lipinski definition) is 1. The number of para-hydroxylation sites is 1. The van der Waals surface area contributed by atoms with E-state index in [-0.39, 0.29) is 12.5 Å². The Labute approximate surface area is 156 Å². The number of aliphatic carboxylic acids is 1. The van der Waals surface area contributed by atoms with Gasteiger partial charge in [0.05, 0.1) is 17.8 Å². The van der Waals surface area contributed by atoms with E-state index in [4.69, 9.17) is 9.47 Å². The highest BCUT2D eigenvalue weighted by Crippen LogP contribution is 2.52. The van der Waals surface area contributed by atoms with E-state index >= 15 is 0 Å². The number of aryl methyl sites for hydroxylation is 2. The van der Waals surface area contributed by atoms with Crippen molar-refractivity contribution in [2.45, 2.75) is 26.3 Å². The lowest BCUT2D eigenvalue weighted by Gasteiger charge is -2.36. The van der Waals surface area contributed by atoms with E-state index in [2.05, 4.69) is 9.88 Å². The van der Waals surface area contributed by atoms with Crippen LogP contribution in [0.4, 0.5) is 0 Å². The molecule has 0 aliphatic carbocycles. The largest absolute Gasteiger partial charge is 0.493 e. The monoisotopic (exact) mass is 374 g/mol. The predicted molar refractivity (Wildman–Crippen MR) is 98.2 cm³/mol. The average Bonchev–Trinajstić information content (AvgIpc) is 3.14.